The molecule has 2 aromatic carbocycles. The van der Waals surface area contributed by atoms with Crippen LogP contribution in [0.4, 0.5) is 0 Å². The number of carbonyl (C=O) groups excluding carboxylic acids is 2. The molecule has 0 atom stereocenters. The van der Waals surface area contributed by atoms with Crippen molar-refractivity contribution < 1.29 is 14.4 Å². The number of nitrogens with one attached hydrogen (secondary N) is 1. The van der Waals surface area contributed by atoms with Crippen LogP contribution in [0, 0.1) is 0 Å². The molecule has 2 aromatic rings. The molecule has 1 aliphatic heterocycles. The highest BCUT2D eigenvalue weighted by Crippen LogP contribution is 2.23. The van der Waals surface area contributed by atoms with Crippen LogP contribution < -0.4 is 5.48 Å². The predicted octanol–water partition coefficient (Wildman–Crippen LogP) is 3.26. The Kier molecular flexibility index (Phi) is 6.68. The summed E-state index contributed by atoms with van der Waals surface area (Å²) in [4.78, 5) is 32.6. The molecule has 1 N–H and O–H groups in total. The molecule has 0 spiro atoms. The van der Waals surface area contributed by atoms with Crippen LogP contribution in [-0.4, -0.2) is 35.6 Å². The van der Waals surface area contributed by atoms with Gasteiger partial charge in [-0.25, -0.2) is 5.48 Å². The third-order valence-corrected chi connectivity index (χ3v) is 5.25. The van der Waals surface area contributed by atoms with Crippen molar-refractivity contribution in [2.45, 2.75) is 24.3 Å². The van der Waals surface area contributed by atoms with E-state index < -0.39 is 0 Å². The maximum Gasteiger partial charge on any atom is 0.275 e. The molecular weight excluding hydrogens is 348 g/mol. The topological polar surface area (TPSA) is 58.6 Å². The molecule has 5 nitrogen and oxygen atoms in total. The predicted molar refractivity (Wildman–Crippen MR) is 102 cm³/mol. The van der Waals surface area contributed by atoms with Gasteiger partial charge in [0, 0.05) is 18.0 Å². The SMILES string of the molecule is O=C(NOCc1ccccc1)c1ccccc1SCC(=O)N1CCCC1. The maximum atomic E-state index is 12.4. The Labute approximate surface area is 157 Å². The van der Waals surface area contributed by atoms with Crippen LogP contribution in [-0.2, 0) is 16.2 Å². The van der Waals surface area contributed by atoms with Crippen molar-refractivity contribution in [1.82, 2.24) is 10.4 Å². The van der Waals surface area contributed by atoms with Crippen molar-refractivity contribution in [3.8, 4) is 0 Å². The molecule has 2 amide bonds. The highest BCUT2D eigenvalue weighted by atomic mass is 32.2. The van der Waals surface area contributed by atoms with Crippen LogP contribution in [0.2, 0.25) is 0 Å². The number of carbonyl (C=O) groups is 2. The zero-order valence-corrected chi connectivity index (χ0v) is 15.3. The fourth-order valence-electron chi connectivity index (χ4n) is 2.79. The first-order valence-corrected chi connectivity index (χ1v) is 9.68. The van der Waals surface area contributed by atoms with Crippen LogP contribution >= 0.6 is 11.8 Å². The zero-order valence-electron chi connectivity index (χ0n) is 14.5. The van der Waals surface area contributed by atoms with E-state index in [1.165, 1.54) is 11.8 Å². The fourth-order valence-corrected chi connectivity index (χ4v) is 3.74. The second kappa shape index (κ2) is 9.40. The van der Waals surface area contributed by atoms with Gasteiger partial charge in [0.15, 0.2) is 0 Å². The van der Waals surface area contributed by atoms with Gasteiger partial charge in [-0.15, -0.1) is 11.8 Å². The van der Waals surface area contributed by atoms with E-state index in [-0.39, 0.29) is 11.8 Å². The summed E-state index contributed by atoms with van der Waals surface area (Å²) in [6.45, 7) is 1.99. The van der Waals surface area contributed by atoms with Crippen molar-refractivity contribution in [1.29, 1.82) is 0 Å². The first-order chi connectivity index (χ1) is 12.7. The lowest BCUT2D eigenvalue weighted by Crippen LogP contribution is -2.29. The molecular formula is C20H22N2O3S. The first kappa shape index (κ1) is 18.5. The van der Waals surface area contributed by atoms with Gasteiger partial charge in [0.25, 0.3) is 5.91 Å². The van der Waals surface area contributed by atoms with Gasteiger partial charge in [-0.1, -0.05) is 42.5 Å². The molecule has 1 heterocycles. The summed E-state index contributed by atoms with van der Waals surface area (Å²) in [5.41, 5.74) is 3.98. The van der Waals surface area contributed by atoms with Crippen LogP contribution in [0.1, 0.15) is 28.8 Å². The zero-order chi connectivity index (χ0) is 18.2. The Morgan fingerprint density at radius 1 is 1.00 bits per heavy atom. The number of hydroxylamine groups is 1. The Balaban J connectivity index is 1.53. The van der Waals surface area contributed by atoms with Crippen molar-refractivity contribution in [3.63, 3.8) is 0 Å². The van der Waals surface area contributed by atoms with E-state index in [0.29, 0.717) is 17.9 Å². The molecule has 0 bridgehead atoms. The Morgan fingerprint density at radius 3 is 2.46 bits per heavy atom. The number of rotatable bonds is 7. The van der Waals surface area contributed by atoms with Gasteiger partial charge < -0.3 is 4.90 Å². The third kappa shape index (κ3) is 5.09. The van der Waals surface area contributed by atoms with E-state index in [1.807, 2.05) is 47.4 Å². The van der Waals surface area contributed by atoms with E-state index in [1.54, 1.807) is 12.1 Å². The summed E-state index contributed by atoms with van der Waals surface area (Å²) in [7, 11) is 0. The van der Waals surface area contributed by atoms with Crippen LogP contribution in [0.5, 0.6) is 0 Å². The molecule has 0 unspecified atom stereocenters. The summed E-state index contributed by atoms with van der Waals surface area (Å²) in [6.07, 6.45) is 2.16. The molecule has 0 aliphatic carbocycles. The molecule has 1 aliphatic rings. The Morgan fingerprint density at radius 2 is 1.69 bits per heavy atom. The van der Waals surface area contributed by atoms with Gasteiger partial charge >= 0.3 is 0 Å². The summed E-state index contributed by atoms with van der Waals surface area (Å²) >= 11 is 1.39. The Bertz CT molecular complexity index is 746. The lowest BCUT2D eigenvalue weighted by Gasteiger charge is -2.15. The number of thioether (sulfide) groups is 1. The average molecular weight is 370 g/mol. The number of likely N-dealkylation sites (tertiary alicyclic amines) is 1. The largest absolute Gasteiger partial charge is 0.342 e. The minimum atomic E-state index is -0.308. The third-order valence-electron chi connectivity index (χ3n) is 4.19. The van der Waals surface area contributed by atoms with Gasteiger partial charge in [-0.05, 0) is 30.5 Å². The molecule has 0 aromatic heterocycles. The highest BCUT2D eigenvalue weighted by molar-refractivity contribution is 8.00. The van der Waals surface area contributed by atoms with Gasteiger partial charge in [0.05, 0.1) is 17.9 Å². The molecule has 136 valence electrons. The van der Waals surface area contributed by atoms with Gasteiger partial charge in [0.1, 0.15) is 0 Å². The van der Waals surface area contributed by atoms with E-state index >= 15 is 0 Å². The van der Waals surface area contributed by atoms with E-state index in [9.17, 15) is 9.59 Å². The number of benzene rings is 2. The number of hydrogen-bond donors (Lipinski definition) is 1. The van der Waals surface area contributed by atoms with Crippen LogP contribution in [0.25, 0.3) is 0 Å². The second-order valence-electron chi connectivity index (χ2n) is 6.08. The van der Waals surface area contributed by atoms with Crippen molar-refractivity contribution in [2.75, 3.05) is 18.8 Å². The maximum absolute atomic E-state index is 12.4. The quantitative estimate of drug-likeness (QED) is 0.600. The normalized spacial score (nSPS) is 13.6. The van der Waals surface area contributed by atoms with Gasteiger partial charge in [0.2, 0.25) is 5.91 Å². The molecule has 26 heavy (non-hydrogen) atoms. The van der Waals surface area contributed by atoms with Crippen LogP contribution in [0.3, 0.4) is 0 Å². The lowest BCUT2D eigenvalue weighted by atomic mass is 10.2. The number of nitrogens with zero attached hydrogens (tertiary/aromatic N) is 1. The monoisotopic (exact) mass is 370 g/mol. The minimum Gasteiger partial charge on any atom is -0.342 e. The van der Waals surface area contributed by atoms with Crippen molar-refractivity contribution >= 4 is 23.6 Å². The molecule has 0 saturated carbocycles. The summed E-state index contributed by atoms with van der Waals surface area (Å²) in [5.74, 6) is 0.163. The lowest BCUT2D eigenvalue weighted by molar-refractivity contribution is -0.127. The van der Waals surface area contributed by atoms with Crippen LogP contribution in [0.15, 0.2) is 59.5 Å². The van der Waals surface area contributed by atoms with E-state index in [2.05, 4.69) is 5.48 Å². The van der Waals surface area contributed by atoms with Gasteiger partial charge in [-0.2, -0.15) is 0 Å². The number of amides is 2. The Hall–Kier alpha value is -2.31. The van der Waals surface area contributed by atoms with E-state index in [4.69, 9.17) is 4.84 Å². The smallest absolute Gasteiger partial charge is 0.275 e. The number of hydrogen-bond acceptors (Lipinski definition) is 4. The van der Waals surface area contributed by atoms with Crippen molar-refractivity contribution in [2.24, 2.45) is 0 Å². The molecule has 0 radical (unpaired) electrons. The highest BCUT2D eigenvalue weighted by Gasteiger charge is 2.19. The van der Waals surface area contributed by atoms with Gasteiger partial charge in [-0.3, -0.25) is 14.4 Å². The molecule has 1 saturated heterocycles. The summed E-state index contributed by atoms with van der Waals surface area (Å²) in [6, 6.07) is 16.9. The average Bonchev–Trinajstić information content (AvgIpc) is 3.22. The molecule has 6 heteroatoms. The first-order valence-electron chi connectivity index (χ1n) is 8.70. The molecule has 1 fully saturated rings. The minimum absolute atomic E-state index is 0.128. The standard InChI is InChI=1S/C20H22N2O3S/c23-19(22-12-6-7-13-22)15-26-18-11-5-4-10-17(18)20(24)21-25-14-16-8-2-1-3-9-16/h1-5,8-11H,6-7,12-15H2,(H,21,24). The molecule has 3 rings (SSSR count). The van der Waals surface area contributed by atoms with E-state index in [0.717, 1.165) is 36.4 Å². The fraction of sp³-hybridized carbons (Fsp3) is 0.300. The van der Waals surface area contributed by atoms with Crippen molar-refractivity contribution in [3.05, 3.63) is 65.7 Å². The second-order valence-corrected chi connectivity index (χ2v) is 7.10. The summed E-state index contributed by atoms with van der Waals surface area (Å²) < 4.78 is 0. The summed E-state index contributed by atoms with van der Waals surface area (Å²) in [5, 5.41) is 0.